The van der Waals surface area contributed by atoms with E-state index in [2.05, 4.69) is 15.9 Å². The molecule has 3 nitrogen and oxygen atoms in total. The van der Waals surface area contributed by atoms with Crippen molar-refractivity contribution in [2.45, 2.75) is 0 Å². The number of rotatable bonds is 2. The molecule has 0 saturated carbocycles. The molecule has 0 N–H and O–H groups in total. The number of hydrogen-bond donors (Lipinski definition) is 0. The summed E-state index contributed by atoms with van der Waals surface area (Å²) in [6, 6.07) is 12.9. The van der Waals surface area contributed by atoms with Crippen LogP contribution in [0.3, 0.4) is 0 Å². The summed E-state index contributed by atoms with van der Waals surface area (Å²) in [5.41, 5.74) is 1.47. The van der Waals surface area contributed by atoms with Crippen LogP contribution in [0.1, 0.15) is 15.9 Å². The highest BCUT2D eigenvalue weighted by Crippen LogP contribution is 2.34. The van der Waals surface area contributed by atoms with Gasteiger partial charge in [-0.25, -0.2) is 0 Å². The number of halogens is 1. The van der Waals surface area contributed by atoms with Crippen molar-refractivity contribution in [3.8, 4) is 11.5 Å². The topological polar surface area (TPSA) is 35.5 Å². The Balaban J connectivity index is 1.97. The lowest BCUT2D eigenvalue weighted by atomic mass is 10.1. The lowest BCUT2D eigenvalue weighted by Crippen LogP contribution is -1.97. The molecule has 4 heteroatoms. The second-order valence-electron chi connectivity index (χ2n) is 4.36. The van der Waals surface area contributed by atoms with Crippen molar-refractivity contribution < 1.29 is 14.3 Å². The maximum Gasteiger partial charge on any atom is 0.231 e. The van der Waals surface area contributed by atoms with Crippen LogP contribution in [0.15, 0.2) is 52.7 Å². The smallest absolute Gasteiger partial charge is 0.231 e. The molecule has 2 aromatic carbocycles. The van der Waals surface area contributed by atoms with E-state index in [0.29, 0.717) is 22.8 Å². The van der Waals surface area contributed by atoms with Gasteiger partial charge in [-0.1, -0.05) is 28.1 Å². The Morgan fingerprint density at radius 2 is 2.05 bits per heavy atom. The molecule has 0 saturated heterocycles. The number of ketones is 1. The molecule has 2 aromatic rings. The molecule has 0 atom stereocenters. The van der Waals surface area contributed by atoms with Crippen molar-refractivity contribution >= 4 is 27.8 Å². The molecule has 3 rings (SSSR count). The van der Waals surface area contributed by atoms with Gasteiger partial charge in [-0.3, -0.25) is 4.79 Å². The number of allylic oxidation sites excluding steroid dienone is 1. The van der Waals surface area contributed by atoms with Crippen molar-refractivity contribution in [1.29, 1.82) is 0 Å². The zero-order chi connectivity index (χ0) is 14.1. The predicted octanol–water partition coefficient (Wildman–Crippen LogP) is 4.07. The summed E-state index contributed by atoms with van der Waals surface area (Å²) in [4.78, 5) is 12.2. The van der Waals surface area contributed by atoms with E-state index in [9.17, 15) is 4.79 Å². The highest BCUT2D eigenvalue weighted by molar-refractivity contribution is 9.10. The molecule has 0 radical (unpaired) electrons. The third-order valence-electron chi connectivity index (χ3n) is 3.02. The van der Waals surface area contributed by atoms with Gasteiger partial charge in [0.25, 0.3) is 0 Å². The second kappa shape index (κ2) is 5.13. The van der Waals surface area contributed by atoms with E-state index < -0.39 is 0 Å². The van der Waals surface area contributed by atoms with E-state index in [4.69, 9.17) is 9.47 Å². The van der Waals surface area contributed by atoms with E-state index >= 15 is 0 Å². The van der Waals surface area contributed by atoms with Gasteiger partial charge in [-0.2, -0.15) is 0 Å². The Bertz CT molecular complexity index is 719. The van der Waals surface area contributed by atoms with Crippen LogP contribution in [0.5, 0.6) is 11.5 Å². The Hall–Kier alpha value is -2.07. The molecule has 0 amide bonds. The fourth-order valence-corrected chi connectivity index (χ4v) is 2.46. The molecule has 1 aliphatic heterocycles. The highest BCUT2D eigenvalue weighted by Gasteiger charge is 2.27. The van der Waals surface area contributed by atoms with Gasteiger partial charge in [-0.15, -0.1) is 0 Å². The third kappa shape index (κ3) is 2.34. The van der Waals surface area contributed by atoms with Crippen molar-refractivity contribution in [3.05, 3.63) is 63.8 Å². The Kier molecular flexibility index (Phi) is 3.32. The van der Waals surface area contributed by atoms with Crippen molar-refractivity contribution in [2.75, 3.05) is 7.11 Å². The van der Waals surface area contributed by atoms with Gasteiger partial charge in [0.15, 0.2) is 5.76 Å². The summed E-state index contributed by atoms with van der Waals surface area (Å²) in [5, 5.41) is 0. The first-order chi connectivity index (χ1) is 9.67. The quantitative estimate of drug-likeness (QED) is 0.778. The fourth-order valence-electron chi connectivity index (χ4n) is 2.04. The predicted molar refractivity (Wildman–Crippen MR) is 80.1 cm³/mol. The minimum absolute atomic E-state index is 0.109. The largest absolute Gasteiger partial charge is 0.497 e. The molecule has 0 fully saturated rings. The lowest BCUT2D eigenvalue weighted by molar-refractivity contribution is 0.101. The number of Topliss-reactive ketones (excluding diaryl/α,β-unsaturated/α-hetero) is 1. The first kappa shape index (κ1) is 12.9. The van der Waals surface area contributed by atoms with Crippen molar-refractivity contribution in [2.24, 2.45) is 0 Å². The van der Waals surface area contributed by atoms with Gasteiger partial charge in [0, 0.05) is 10.5 Å². The van der Waals surface area contributed by atoms with E-state index in [0.717, 1.165) is 10.0 Å². The van der Waals surface area contributed by atoms with Gasteiger partial charge in [0.2, 0.25) is 5.78 Å². The molecule has 0 aliphatic carbocycles. The molecule has 0 spiro atoms. The highest BCUT2D eigenvalue weighted by atomic mass is 79.9. The van der Waals surface area contributed by atoms with Gasteiger partial charge in [-0.05, 0) is 35.9 Å². The molecule has 20 heavy (non-hydrogen) atoms. The average Bonchev–Trinajstić information content (AvgIpc) is 2.75. The second-order valence-corrected chi connectivity index (χ2v) is 5.27. The average molecular weight is 331 g/mol. The van der Waals surface area contributed by atoms with Crippen LogP contribution >= 0.6 is 15.9 Å². The first-order valence-corrected chi connectivity index (χ1v) is 6.84. The van der Waals surface area contributed by atoms with Crippen LogP contribution in [0.4, 0.5) is 0 Å². The van der Waals surface area contributed by atoms with Crippen LogP contribution in [0.2, 0.25) is 0 Å². The maximum absolute atomic E-state index is 12.2. The third-order valence-corrected chi connectivity index (χ3v) is 3.52. The fraction of sp³-hybridized carbons (Fsp3) is 0.0625. The summed E-state index contributed by atoms with van der Waals surface area (Å²) in [7, 11) is 1.58. The molecule has 0 bridgehead atoms. The van der Waals surface area contributed by atoms with Crippen LogP contribution < -0.4 is 9.47 Å². The summed E-state index contributed by atoms with van der Waals surface area (Å²) in [5.74, 6) is 1.42. The Morgan fingerprint density at radius 3 is 2.80 bits per heavy atom. The van der Waals surface area contributed by atoms with Gasteiger partial charge >= 0.3 is 0 Å². The first-order valence-electron chi connectivity index (χ1n) is 6.05. The number of carbonyl (C=O) groups is 1. The lowest BCUT2D eigenvalue weighted by Gasteiger charge is -2.01. The number of ether oxygens (including phenoxy) is 2. The minimum atomic E-state index is -0.109. The van der Waals surface area contributed by atoms with Crippen LogP contribution in [0.25, 0.3) is 6.08 Å². The van der Waals surface area contributed by atoms with E-state index in [1.165, 1.54) is 0 Å². The zero-order valence-electron chi connectivity index (χ0n) is 10.7. The zero-order valence-corrected chi connectivity index (χ0v) is 12.3. The number of benzene rings is 2. The standard InChI is InChI=1S/C16H11BrO3/c1-19-12-5-6-13-14(9-12)20-15(16(13)18)8-10-3-2-4-11(17)7-10/h2-9H,1H3/b15-8+. The summed E-state index contributed by atoms with van der Waals surface area (Å²) >= 11 is 3.40. The SMILES string of the molecule is COc1ccc2c(c1)O/C(=C/c1cccc(Br)c1)C2=O. The monoisotopic (exact) mass is 330 g/mol. The number of carbonyl (C=O) groups excluding carboxylic acids is 1. The molecular weight excluding hydrogens is 320 g/mol. The van der Waals surface area contributed by atoms with E-state index in [1.807, 2.05) is 24.3 Å². The van der Waals surface area contributed by atoms with Crippen molar-refractivity contribution in [1.82, 2.24) is 0 Å². The van der Waals surface area contributed by atoms with Gasteiger partial charge < -0.3 is 9.47 Å². The molecule has 0 aromatic heterocycles. The van der Waals surface area contributed by atoms with Crippen LogP contribution in [-0.2, 0) is 0 Å². The summed E-state index contributed by atoms with van der Waals surface area (Å²) in [6.45, 7) is 0. The maximum atomic E-state index is 12.2. The van der Waals surface area contributed by atoms with E-state index in [1.54, 1.807) is 31.4 Å². The molecule has 1 heterocycles. The van der Waals surface area contributed by atoms with Gasteiger partial charge in [0.1, 0.15) is 11.5 Å². The minimum Gasteiger partial charge on any atom is -0.497 e. The number of hydrogen-bond acceptors (Lipinski definition) is 3. The number of methoxy groups -OCH3 is 1. The Labute approximate surface area is 125 Å². The van der Waals surface area contributed by atoms with E-state index in [-0.39, 0.29) is 5.78 Å². The Morgan fingerprint density at radius 1 is 1.20 bits per heavy atom. The van der Waals surface area contributed by atoms with Crippen molar-refractivity contribution in [3.63, 3.8) is 0 Å². The summed E-state index contributed by atoms with van der Waals surface area (Å²) in [6.07, 6.45) is 1.74. The van der Waals surface area contributed by atoms with Crippen LogP contribution in [-0.4, -0.2) is 12.9 Å². The molecule has 100 valence electrons. The molecular formula is C16H11BrO3. The number of fused-ring (bicyclic) bond motifs is 1. The molecule has 0 unspecified atom stereocenters. The summed E-state index contributed by atoms with van der Waals surface area (Å²) < 4.78 is 11.7. The van der Waals surface area contributed by atoms with Crippen LogP contribution in [0, 0.1) is 0 Å². The normalized spacial score (nSPS) is 15.1. The van der Waals surface area contributed by atoms with Gasteiger partial charge in [0.05, 0.1) is 12.7 Å². The molecule has 1 aliphatic rings.